The van der Waals surface area contributed by atoms with E-state index in [0.29, 0.717) is 6.54 Å². The fraction of sp³-hybridized carbons (Fsp3) is 0.714. The highest BCUT2D eigenvalue weighted by Gasteiger charge is 2.19. The smallest absolute Gasteiger partial charge is 0.239 e. The lowest BCUT2D eigenvalue weighted by Crippen LogP contribution is -2.44. The molecule has 1 amide bonds. The molecule has 1 unspecified atom stereocenters. The molecule has 6 heteroatoms. The van der Waals surface area contributed by atoms with Crippen molar-refractivity contribution in [1.29, 1.82) is 0 Å². The molecule has 0 aliphatic heterocycles. The summed E-state index contributed by atoms with van der Waals surface area (Å²) in [7, 11) is 1.93. The lowest BCUT2D eigenvalue weighted by Gasteiger charge is -2.23. The van der Waals surface area contributed by atoms with Crippen LogP contribution in [0.1, 0.15) is 39.1 Å². The maximum absolute atomic E-state index is 12.2. The number of halogens is 1. The van der Waals surface area contributed by atoms with Gasteiger partial charge in [0.05, 0.1) is 21.9 Å². The highest BCUT2D eigenvalue weighted by Crippen LogP contribution is 2.21. The molecule has 0 fully saturated rings. The van der Waals surface area contributed by atoms with Gasteiger partial charge in [0, 0.05) is 26.7 Å². The Morgan fingerprint density at radius 2 is 2.00 bits per heavy atom. The predicted molar refractivity (Wildman–Crippen MR) is 84.5 cm³/mol. The monoisotopic (exact) mass is 344 g/mol. The van der Waals surface area contributed by atoms with Crippen LogP contribution < -0.4 is 5.32 Å². The number of rotatable bonds is 7. The molecule has 0 aliphatic rings. The number of carbonyl (C=O) groups excluding carboxylic acids is 1. The van der Waals surface area contributed by atoms with E-state index in [9.17, 15) is 4.79 Å². The van der Waals surface area contributed by atoms with E-state index in [0.717, 1.165) is 35.4 Å². The van der Waals surface area contributed by atoms with Gasteiger partial charge in [0.15, 0.2) is 0 Å². The van der Waals surface area contributed by atoms with Crippen molar-refractivity contribution in [2.24, 2.45) is 7.05 Å². The molecular formula is C14H25BrN4O. The van der Waals surface area contributed by atoms with Crippen LogP contribution in [0.15, 0.2) is 4.47 Å². The van der Waals surface area contributed by atoms with Gasteiger partial charge < -0.3 is 10.2 Å². The number of hydrogen-bond acceptors (Lipinski definition) is 3. The number of hydrogen-bond donors (Lipinski definition) is 1. The zero-order chi connectivity index (χ0) is 15.3. The maximum atomic E-state index is 12.2. The summed E-state index contributed by atoms with van der Waals surface area (Å²) in [6.45, 7) is 10.1. The van der Waals surface area contributed by atoms with E-state index >= 15 is 0 Å². The molecule has 1 atom stereocenters. The Kier molecular flexibility index (Phi) is 6.68. The third kappa shape index (κ3) is 3.82. The van der Waals surface area contributed by atoms with Gasteiger partial charge in [-0.3, -0.25) is 9.48 Å². The molecule has 1 aromatic heterocycles. The van der Waals surface area contributed by atoms with Crippen molar-refractivity contribution in [3.63, 3.8) is 0 Å². The Hall–Kier alpha value is -0.880. The van der Waals surface area contributed by atoms with Gasteiger partial charge >= 0.3 is 0 Å². The fourth-order valence-corrected chi connectivity index (χ4v) is 2.91. The predicted octanol–water partition coefficient (Wildman–Crippen LogP) is 2.09. The molecule has 0 aromatic carbocycles. The van der Waals surface area contributed by atoms with Gasteiger partial charge in [-0.2, -0.15) is 5.10 Å². The Morgan fingerprint density at radius 3 is 2.45 bits per heavy atom. The molecule has 0 radical (unpaired) electrons. The summed E-state index contributed by atoms with van der Waals surface area (Å²) in [5.41, 5.74) is 2.12. The van der Waals surface area contributed by atoms with Gasteiger partial charge in [0.2, 0.25) is 5.91 Å². The van der Waals surface area contributed by atoms with E-state index in [1.807, 2.05) is 37.4 Å². The Labute approximate surface area is 129 Å². The largest absolute Gasteiger partial charge is 0.342 e. The van der Waals surface area contributed by atoms with E-state index in [4.69, 9.17) is 0 Å². The van der Waals surface area contributed by atoms with E-state index in [2.05, 4.69) is 33.3 Å². The number of amides is 1. The topological polar surface area (TPSA) is 50.2 Å². The number of carbonyl (C=O) groups is 1. The highest BCUT2D eigenvalue weighted by molar-refractivity contribution is 9.10. The molecule has 0 spiro atoms. The molecular weight excluding hydrogens is 320 g/mol. The average Bonchev–Trinajstić information content (AvgIpc) is 2.72. The van der Waals surface area contributed by atoms with Crippen LogP contribution >= 0.6 is 15.9 Å². The van der Waals surface area contributed by atoms with Crippen molar-refractivity contribution in [3.8, 4) is 0 Å². The second-order valence-corrected chi connectivity index (χ2v) is 5.59. The molecule has 0 saturated heterocycles. The molecule has 1 aromatic rings. The number of nitrogens with zero attached hydrogens (tertiary/aromatic N) is 3. The Morgan fingerprint density at radius 1 is 1.40 bits per heavy atom. The van der Waals surface area contributed by atoms with E-state index < -0.39 is 0 Å². The fourth-order valence-electron chi connectivity index (χ4n) is 2.16. The van der Waals surface area contributed by atoms with E-state index in [1.165, 1.54) is 0 Å². The minimum atomic E-state index is -0.193. The Bertz CT molecular complexity index is 454. The first-order valence-electron chi connectivity index (χ1n) is 7.18. The zero-order valence-electron chi connectivity index (χ0n) is 13.0. The first-order valence-corrected chi connectivity index (χ1v) is 7.97. The molecule has 20 heavy (non-hydrogen) atoms. The van der Waals surface area contributed by atoms with Crippen LogP contribution in [0.4, 0.5) is 0 Å². The quantitative estimate of drug-likeness (QED) is 0.823. The minimum absolute atomic E-state index is 0.143. The molecule has 0 aliphatic carbocycles. The molecule has 1 rings (SSSR count). The van der Waals surface area contributed by atoms with Crippen molar-refractivity contribution in [1.82, 2.24) is 20.0 Å². The van der Waals surface area contributed by atoms with Crippen LogP contribution in [0.3, 0.4) is 0 Å². The number of aryl methyl sites for hydroxylation is 2. The van der Waals surface area contributed by atoms with E-state index in [-0.39, 0.29) is 11.9 Å². The average molecular weight is 345 g/mol. The number of nitrogens with one attached hydrogen (secondary N) is 1. The maximum Gasteiger partial charge on any atom is 0.239 e. The first-order chi connectivity index (χ1) is 9.46. The second kappa shape index (κ2) is 7.78. The molecule has 0 bridgehead atoms. The van der Waals surface area contributed by atoms with Gasteiger partial charge in [-0.1, -0.05) is 6.92 Å². The van der Waals surface area contributed by atoms with Crippen molar-refractivity contribution in [3.05, 3.63) is 15.9 Å². The van der Waals surface area contributed by atoms with Gasteiger partial charge in [-0.15, -0.1) is 0 Å². The van der Waals surface area contributed by atoms with Crippen molar-refractivity contribution < 1.29 is 4.79 Å². The van der Waals surface area contributed by atoms with Crippen molar-refractivity contribution in [2.45, 2.75) is 46.7 Å². The summed E-state index contributed by atoms with van der Waals surface area (Å²) >= 11 is 3.59. The minimum Gasteiger partial charge on any atom is -0.342 e. The molecule has 1 N–H and O–H groups in total. The number of likely N-dealkylation sites (N-methyl/N-ethyl adjacent to an activating group) is 1. The lowest BCUT2D eigenvalue weighted by molar-refractivity contribution is -0.132. The number of aromatic nitrogens is 2. The summed E-state index contributed by atoms with van der Waals surface area (Å²) in [6, 6.07) is -0.193. The summed E-state index contributed by atoms with van der Waals surface area (Å²) in [5, 5.41) is 7.74. The normalized spacial score (nSPS) is 12.5. The van der Waals surface area contributed by atoms with Crippen LogP contribution in [-0.4, -0.2) is 39.7 Å². The lowest BCUT2D eigenvalue weighted by atomic mass is 10.2. The summed E-state index contributed by atoms with van der Waals surface area (Å²) in [4.78, 5) is 14.0. The van der Waals surface area contributed by atoms with Crippen LogP contribution in [0.25, 0.3) is 0 Å². The second-order valence-electron chi connectivity index (χ2n) is 4.80. The van der Waals surface area contributed by atoms with E-state index in [1.54, 1.807) is 0 Å². The van der Waals surface area contributed by atoms with Crippen molar-refractivity contribution >= 4 is 21.8 Å². The van der Waals surface area contributed by atoms with Crippen LogP contribution in [0.5, 0.6) is 0 Å². The summed E-state index contributed by atoms with van der Waals surface area (Å²) < 4.78 is 2.90. The van der Waals surface area contributed by atoms with Crippen molar-refractivity contribution in [2.75, 3.05) is 13.1 Å². The molecule has 0 saturated carbocycles. The van der Waals surface area contributed by atoms with Crippen LogP contribution in [-0.2, 0) is 24.8 Å². The molecule has 114 valence electrons. The summed E-state index contributed by atoms with van der Waals surface area (Å²) in [5.74, 6) is 0.143. The van der Waals surface area contributed by atoms with Crippen LogP contribution in [0.2, 0.25) is 0 Å². The molecule has 5 nitrogen and oxygen atoms in total. The SMILES string of the molecule is CCc1nn(C)c(CNC(C)C(=O)N(CC)CC)c1Br. The highest BCUT2D eigenvalue weighted by atomic mass is 79.9. The summed E-state index contributed by atoms with van der Waals surface area (Å²) in [6.07, 6.45) is 0.891. The third-order valence-electron chi connectivity index (χ3n) is 3.52. The van der Waals surface area contributed by atoms with Crippen LogP contribution in [0, 0.1) is 0 Å². The van der Waals surface area contributed by atoms with Gasteiger partial charge in [-0.25, -0.2) is 0 Å². The Balaban J connectivity index is 2.68. The van der Waals surface area contributed by atoms with Gasteiger partial charge in [0.25, 0.3) is 0 Å². The standard InChI is InChI=1S/C14H25BrN4O/c1-6-11-13(15)12(18(5)17-11)9-16-10(4)14(20)19(7-2)8-3/h10,16H,6-9H2,1-5H3. The van der Waals surface area contributed by atoms with Gasteiger partial charge in [-0.05, 0) is 43.1 Å². The molecule has 1 heterocycles. The van der Waals surface area contributed by atoms with Gasteiger partial charge in [0.1, 0.15) is 0 Å². The third-order valence-corrected chi connectivity index (χ3v) is 4.44. The zero-order valence-corrected chi connectivity index (χ0v) is 14.6. The first kappa shape index (κ1) is 17.2.